The molecule has 0 N–H and O–H groups in total. The van der Waals surface area contributed by atoms with E-state index in [9.17, 15) is 9.59 Å². The first kappa shape index (κ1) is 19.9. The fourth-order valence-electron chi connectivity index (χ4n) is 3.53. The van der Waals surface area contributed by atoms with Crippen LogP contribution in [0, 0.1) is 21.7 Å². The summed E-state index contributed by atoms with van der Waals surface area (Å²) in [5.74, 6) is 0.685. The molecule has 2 heteroatoms. The Kier molecular flexibility index (Phi) is 5.51. The molecule has 0 saturated carbocycles. The average molecular weight is 319 g/mol. The van der Waals surface area contributed by atoms with Crippen LogP contribution in [0.5, 0.6) is 0 Å². The third-order valence-corrected chi connectivity index (χ3v) is 6.68. The molecule has 2 aliphatic rings. The summed E-state index contributed by atoms with van der Waals surface area (Å²) in [4.78, 5) is 23.1. The minimum Gasteiger partial charge on any atom is -0.299 e. The second-order valence-electron chi connectivity index (χ2n) is 8.65. The normalized spacial score (nSPS) is 33.2. The van der Waals surface area contributed by atoms with Crippen molar-refractivity contribution in [2.75, 3.05) is 0 Å². The maximum absolute atomic E-state index is 11.7. The lowest BCUT2D eigenvalue weighted by Gasteiger charge is -2.36. The Bertz CT molecular complexity index is 536. The molecule has 0 aromatic heterocycles. The standard InChI is InChI=1S/C11H18O.C10H16O/c1-5-9(12)11(4)8-6-7-10(11,2)3;1-8(11)10(4)7-5-6-9(10,2)3/h6-7H,5,8H2,1-4H3;5-6H,7H2,1-4H3. The van der Waals surface area contributed by atoms with E-state index >= 15 is 0 Å². The van der Waals surface area contributed by atoms with Gasteiger partial charge in [0.15, 0.2) is 0 Å². The zero-order valence-corrected chi connectivity index (χ0v) is 16.2. The van der Waals surface area contributed by atoms with E-state index in [1.165, 1.54) is 0 Å². The smallest absolute Gasteiger partial charge is 0.139 e. The van der Waals surface area contributed by atoms with Crippen LogP contribution >= 0.6 is 0 Å². The Balaban J connectivity index is 0.000000231. The summed E-state index contributed by atoms with van der Waals surface area (Å²) >= 11 is 0. The van der Waals surface area contributed by atoms with Crippen LogP contribution in [0.3, 0.4) is 0 Å². The molecule has 0 radical (unpaired) electrons. The summed E-state index contributed by atoms with van der Waals surface area (Å²) in [5, 5.41) is 0. The van der Waals surface area contributed by atoms with E-state index in [1.807, 2.05) is 6.92 Å². The van der Waals surface area contributed by atoms with Gasteiger partial charge in [-0.2, -0.15) is 0 Å². The van der Waals surface area contributed by atoms with Crippen molar-refractivity contribution in [3.05, 3.63) is 24.3 Å². The lowest BCUT2D eigenvalue weighted by atomic mass is 9.66. The molecule has 2 aliphatic carbocycles. The number of hydrogen-bond acceptors (Lipinski definition) is 2. The number of rotatable bonds is 3. The Morgan fingerprint density at radius 1 is 0.826 bits per heavy atom. The topological polar surface area (TPSA) is 34.1 Å². The molecule has 2 atom stereocenters. The molecular formula is C21H34O2. The molecule has 2 nitrogen and oxygen atoms in total. The quantitative estimate of drug-likeness (QED) is 0.641. The largest absolute Gasteiger partial charge is 0.299 e. The zero-order chi connectivity index (χ0) is 18.1. The van der Waals surface area contributed by atoms with Gasteiger partial charge in [-0.3, -0.25) is 9.59 Å². The fourth-order valence-corrected chi connectivity index (χ4v) is 3.53. The van der Waals surface area contributed by atoms with E-state index in [4.69, 9.17) is 0 Å². The van der Waals surface area contributed by atoms with Gasteiger partial charge in [-0.15, -0.1) is 0 Å². The van der Waals surface area contributed by atoms with Crippen LogP contribution in [0.2, 0.25) is 0 Å². The Morgan fingerprint density at radius 2 is 1.22 bits per heavy atom. The lowest BCUT2D eigenvalue weighted by molar-refractivity contribution is -0.131. The van der Waals surface area contributed by atoms with Crippen molar-refractivity contribution < 1.29 is 9.59 Å². The predicted octanol–water partition coefficient (Wildman–Crippen LogP) is 5.53. The number of hydrogen-bond donors (Lipinski definition) is 0. The van der Waals surface area contributed by atoms with Gasteiger partial charge >= 0.3 is 0 Å². The maximum atomic E-state index is 11.7. The lowest BCUT2D eigenvalue weighted by Crippen LogP contribution is -2.37. The van der Waals surface area contributed by atoms with Gasteiger partial charge in [0.05, 0.1) is 0 Å². The summed E-state index contributed by atoms with van der Waals surface area (Å²) in [7, 11) is 0. The number of Topliss-reactive ketones (excluding diaryl/α,β-unsaturated/α-hetero) is 2. The summed E-state index contributed by atoms with van der Waals surface area (Å²) in [6, 6.07) is 0. The van der Waals surface area contributed by atoms with Crippen LogP contribution in [0.25, 0.3) is 0 Å². The van der Waals surface area contributed by atoms with Crippen LogP contribution < -0.4 is 0 Å². The van der Waals surface area contributed by atoms with E-state index in [-0.39, 0.29) is 21.7 Å². The fraction of sp³-hybridized carbons (Fsp3) is 0.714. The van der Waals surface area contributed by atoms with Gasteiger partial charge < -0.3 is 0 Å². The summed E-state index contributed by atoms with van der Waals surface area (Å²) in [5.41, 5.74) is -0.228. The summed E-state index contributed by atoms with van der Waals surface area (Å²) in [6.45, 7) is 16.3. The van der Waals surface area contributed by atoms with Gasteiger partial charge in [-0.05, 0) is 30.6 Å². The van der Waals surface area contributed by atoms with Gasteiger partial charge in [0.2, 0.25) is 0 Å². The van der Waals surface area contributed by atoms with Gasteiger partial charge in [0.1, 0.15) is 11.6 Å². The van der Waals surface area contributed by atoms with Crippen molar-refractivity contribution in [2.45, 2.75) is 74.7 Å². The molecular weight excluding hydrogens is 284 g/mol. The molecule has 0 heterocycles. The monoisotopic (exact) mass is 318 g/mol. The van der Waals surface area contributed by atoms with E-state index in [1.54, 1.807) is 6.92 Å². The highest BCUT2D eigenvalue weighted by atomic mass is 16.1. The molecule has 130 valence electrons. The SMILES string of the molecule is CC(=O)C1(C)CC=CC1(C)C.CCC(=O)C1(C)CC=CC1(C)C. The molecule has 0 saturated heterocycles. The van der Waals surface area contributed by atoms with Crippen molar-refractivity contribution in [1.29, 1.82) is 0 Å². The molecule has 0 amide bonds. The molecule has 0 bridgehead atoms. The molecule has 2 unspecified atom stereocenters. The highest BCUT2D eigenvalue weighted by Gasteiger charge is 2.46. The Morgan fingerprint density at radius 3 is 1.43 bits per heavy atom. The second-order valence-corrected chi connectivity index (χ2v) is 8.65. The average Bonchev–Trinajstić information content (AvgIpc) is 2.88. The Labute approximate surface area is 142 Å². The van der Waals surface area contributed by atoms with E-state index in [0.717, 1.165) is 12.8 Å². The van der Waals surface area contributed by atoms with Crippen molar-refractivity contribution >= 4 is 11.6 Å². The Hall–Kier alpha value is -1.18. The first-order chi connectivity index (χ1) is 10.3. The summed E-state index contributed by atoms with van der Waals surface area (Å²) in [6.07, 6.45) is 11.0. The van der Waals surface area contributed by atoms with Crippen LogP contribution in [-0.2, 0) is 9.59 Å². The second kappa shape index (κ2) is 6.37. The molecule has 0 aromatic rings. The first-order valence-corrected chi connectivity index (χ1v) is 8.74. The van der Waals surface area contributed by atoms with Gasteiger partial charge in [0, 0.05) is 17.3 Å². The molecule has 0 aliphatic heterocycles. The number of carbonyl (C=O) groups excluding carboxylic acids is 2. The van der Waals surface area contributed by atoms with Crippen molar-refractivity contribution in [3.8, 4) is 0 Å². The van der Waals surface area contributed by atoms with Gasteiger partial charge in [0.25, 0.3) is 0 Å². The highest BCUT2D eigenvalue weighted by molar-refractivity contribution is 5.86. The van der Waals surface area contributed by atoms with E-state index in [2.05, 4.69) is 65.8 Å². The molecule has 0 spiro atoms. The van der Waals surface area contributed by atoms with Crippen LogP contribution in [0.4, 0.5) is 0 Å². The summed E-state index contributed by atoms with van der Waals surface area (Å²) < 4.78 is 0. The van der Waals surface area contributed by atoms with Crippen LogP contribution in [0.1, 0.15) is 74.7 Å². The van der Waals surface area contributed by atoms with E-state index < -0.39 is 0 Å². The zero-order valence-electron chi connectivity index (χ0n) is 16.2. The van der Waals surface area contributed by atoms with E-state index in [0.29, 0.717) is 18.0 Å². The predicted molar refractivity (Wildman–Crippen MR) is 97.3 cm³/mol. The third-order valence-electron chi connectivity index (χ3n) is 6.68. The number of carbonyl (C=O) groups is 2. The highest BCUT2D eigenvalue weighted by Crippen LogP contribution is 2.49. The number of ketones is 2. The molecule has 0 aromatic carbocycles. The van der Waals surface area contributed by atoms with Gasteiger partial charge in [-0.25, -0.2) is 0 Å². The maximum Gasteiger partial charge on any atom is 0.139 e. The number of allylic oxidation sites excluding steroid dienone is 4. The van der Waals surface area contributed by atoms with Crippen molar-refractivity contribution in [1.82, 2.24) is 0 Å². The minimum atomic E-state index is -0.160. The third kappa shape index (κ3) is 3.36. The minimum absolute atomic E-state index is 0.0405. The van der Waals surface area contributed by atoms with Crippen LogP contribution in [0.15, 0.2) is 24.3 Å². The van der Waals surface area contributed by atoms with Crippen molar-refractivity contribution in [3.63, 3.8) is 0 Å². The van der Waals surface area contributed by atoms with Crippen molar-refractivity contribution in [2.24, 2.45) is 21.7 Å². The molecule has 23 heavy (non-hydrogen) atoms. The first-order valence-electron chi connectivity index (χ1n) is 8.74. The van der Waals surface area contributed by atoms with Crippen LogP contribution in [-0.4, -0.2) is 11.6 Å². The van der Waals surface area contributed by atoms with Gasteiger partial charge in [-0.1, -0.05) is 72.8 Å². The molecule has 2 rings (SSSR count). The molecule has 0 fully saturated rings.